The van der Waals surface area contributed by atoms with Crippen LogP contribution >= 0.6 is 11.6 Å². The molecule has 0 saturated carbocycles. The number of hydrogen-bond donors (Lipinski definition) is 1. The molecular weight excluding hydrogens is 402 g/mol. The summed E-state index contributed by atoms with van der Waals surface area (Å²) in [6.07, 6.45) is 3.34. The molecule has 0 spiro atoms. The molecule has 4 rings (SSSR count). The minimum atomic E-state index is 0.309. The summed E-state index contributed by atoms with van der Waals surface area (Å²) in [5, 5.41) is 3.87. The van der Waals surface area contributed by atoms with Gasteiger partial charge >= 0.3 is 0 Å². The molecule has 1 aromatic carbocycles. The number of aromatic nitrogens is 2. The summed E-state index contributed by atoms with van der Waals surface area (Å²) in [4.78, 5) is 13.4. The molecule has 0 bridgehead atoms. The van der Waals surface area contributed by atoms with Gasteiger partial charge in [-0.2, -0.15) is 0 Å². The maximum atomic E-state index is 6.15. The van der Waals surface area contributed by atoms with E-state index in [-0.39, 0.29) is 0 Å². The van der Waals surface area contributed by atoms with Gasteiger partial charge in [-0.25, -0.2) is 9.97 Å². The summed E-state index contributed by atoms with van der Waals surface area (Å²) in [7, 11) is 1.67. The minimum absolute atomic E-state index is 0.309. The first-order chi connectivity index (χ1) is 14.6. The van der Waals surface area contributed by atoms with E-state index in [9.17, 15) is 0 Å². The van der Waals surface area contributed by atoms with E-state index in [2.05, 4.69) is 37.2 Å². The molecule has 2 aliphatic rings. The molecule has 8 heteroatoms. The number of ether oxygens (including phenoxy) is 2. The number of rotatable bonds is 8. The Balaban J connectivity index is 1.31. The molecule has 2 fully saturated rings. The highest BCUT2D eigenvalue weighted by Gasteiger charge is 2.22. The van der Waals surface area contributed by atoms with Gasteiger partial charge in [0.05, 0.1) is 13.7 Å². The first-order valence-electron chi connectivity index (χ1n) is 10.7. The van der Waals surface area contributed by atoms with E-state index in [0.717, 1.165) is 68.7 Å². The number of likely N-dealkylation sites (tertiary alicyclic amines) is 1. The molecule has 0 atom stereocenters. The van der Waals surface area contributed by atoms with Crippen LogP contribution in [0.3, 0.4) is 0 Å². The van der Waals surface area contributed by atoms with Crippen molar-refractivity contribution in [2.75, 3.05) is 50.1 Å². The lowest BCUT2D eigenvalue weighted by Crippen LogP contribution is -2.39. The monoisotopic (exact) mass is 431 g/mol. The van der Waals surface area contributed by atoms with Gasteiger partial charge < -0.3 is 19.7 Å². The minimum Gasteiger partial charge on any atom is -0.493 e. The standard InChI is InChI=1S/C22H30ClN5O2/c1-3-30-19-13-16(5-6-18(19)29-2)15-27-11-7-17(8-12-27)24-20-14-21(26-22(23)25-20)28-9-4-10-28/h5-6,13-14,17H,3-4,7-12,15H2,1-2H3,(H,24,25,26). The second-order valence-corrected chi connectivity index (χ2v) is 8.17. The Bertz CT molecular complexity index is 853. The molecule has 1 aromatic heterocycles. The van der Waals surface area contributed by atoms with Crippen molar-refractivity contribution in [2.45, 2.75) is 38.8 Å². The van der Waals surface area contributed by atoms with Crippen molar-refractivity contribution in [3.63, 3.8) is 0 Å². The van der Waals surface area contributed by atoms with Gasteiger partial charge in [-0.1, -0.05) is 6.07 Å². The lowest BCUT2D eigenvalue weighted by molar-refractivity contribution is 0.210. The zero-order valence-electron chi connectivity index (χ0n) is 17.7. The van der Waals surface area contributed by atoms with E-state index >= 15 is 0 Å². The van der Waals surface area contributed by atoms with Crippen LogP contribution in [0.1, 0.15) is 31.7 Å². The van der Waals surface area contributed by atoms with Crippen molar-refractivity contribution in [2.24, 2.45) is 0 Å². The van der Waals surface area contributed by atoms with Gasteiger partial charge in [0.2, 0.25) is 5.28 Å². The van der Waals surface area contributed by atoms with E-state index in [0.29, 0.717) is 17.9 Å². The summed E-state index contributed by atoms with van der Waals surface area (Å²) in [6, 6.07) is 8.61. The molecule has 0 unspecified atom stereocenters. The number of nitrogens with zero attached hydrogens (tertiary/aromatic N) is 4. The average Bonchev–Trinajstić information content (AvgIpc) is 2.68. The third kappa shape index (κ3) is 5.08. The molecular formula is C22H30ClN5O2. The Morgan fingerprint density at radius 2 is 1.90 bits per heavy atom. The predicted octanol–water partition coefficient (Wildman–Crippen LogP) is 3.82. The van der Waals surface area contributed by atoms with Crippen molar-refractivity contribution in [1.82, 2.24) is 14.9 Å². The van der Waals surface area contributed by atoms with Crippen LogP contribution in [0.5, 0.6) is 11.5 Å². The van der Waals surface area contributed by atoms with E-state index in [1.165, 1.54) is 12.0 Å². The van der Waals surface area contributed by atoms with E-state index in [1.807, 2.05) is 19.1 Å². The summed E-state index contributed by atoms with van der Waals surface area (Å²) in [6.45, 7) is 7.68. The quantitative estimate of drug-likeness (QED) is 0.637. The van der Waals surface area contributed by atoms with Gasteiger partial charge in [0.15, 0.2) is 11.5 Å². The highest BCUT2D eigenvalue weighted by Crippen LogP contribution is 2.29. The van der Waals surface area contributed by atoms with Crippen molar-refractivity contribution in [3.05, 3.63) is 35.1 Å². The van der Waals surface area contributed by atoms with Crippen LogP contribution in [0.15, 0.2) is 24.3 Å². The van der Waals surface area contributed by atoms with E-state index < -0.39 is 0 Å². The summed E-state index contributed by atoms with van der Waals surface area (Å²) < 4.78 is 11.1. The Labute approximate surface area is 183 Å². The molecule has 2 saturated heterocycles. The number of halogens is 1. The van der Waals surface area contributed by atoms with Crippen molar-refractivity contribution >= 4 is 23.2 Å². The van der Waals surface area contributed by atoms with Crippen LogP contribution in [0.2, 0.25) is 5.28 Å². The third-order valence-electron chi connectivity index (χ3n) is 5.74. The maximum absolute atomic E-state index is 6.15. The second-order valence-electron chi connectivity index (χ2n) is 7.83. The van der Waals surface area contributed by atoms with Crippen molar-refractivity contribution in [3.8, 4) is 11.5 Å². The SMILES string of the molecule is CCOc1cc(CN2CCC(Nc3cc(N4CCC4)nc(Cl)n3)CC2)ccc1OC. The van der Waals surface area contributed by atoms with Gasteiger partial charge in [-0.05, 0) is 55.5 Å². The zero-order chi connectivity index (χ0) is 20.9. The number of piperidine rings is 1. The van der Waals surface area contributed by atoms with Crippen LogP contribution in [-0.2, 0) is 6.54 Å². The number of hydrogen-bond acceptors (Lipinski definition) is 7. The Morgan fingerprint density at radius 1 is 1.10 bits per heavy atom. The fraction of sp³-hybridized carbons (Fsp3) is 0.545. The average molecular weight is 432 g/mol. The topological polar surface area (TPSA) is 62.8 Å². The highest BCUT2D eigenvalue weighted by molar-refractivity contribution is 6.28. The second kappa shape index (κ2) is 9.71. The van der Waals surface area contributed by atoms with Gasteiger partial charge in [-0.15, -0.1) is 0 Å². The number of benzene rings is 1. The smallest absolute Gasteiger partial charge is 0.226 e. The van der Waals surface area contributed by atoms with Crippen LogP contribution in [-0.4, -0.2) is 60.8 Å². The number of methoxy groups -OCH3 is 1. The highest BCUT2D eigenvalue weighted by atomic mass is 35.5. The molecule has 0 amide bonds. The van der Waals surface area contributed by atoms with Crippen molar-refractivity contribution < 1.29 is 9.47 Å². The van der Waals surface area contributed by atoms with Gasteiger partial charge in [0, 0.05) is 44.8 Å². The van der Waals surface area contributed by atoms with E-state index in [1.54, 1.807) is 7.11 Å². The molecule has 1 N–H and O–H groups in total. The predicted molar refractivity (Wildman–Crippen MR) is 120 cm³/mol. The number of nitrogens with one attached hydrogen (secondary N) is 1. The Kier molecular flexibility index (Phi) is 6.79. The van der Waals surface area contributed by atoms with E-state index in [4.69, 9.17) is 21.1 Å². The zero-order valence-corrected chi connectivity index (χ0v) is 18.5. The number of anilines is 2. The molecule has 162 valence electrons. The molecule has 3 heterocycles. The van der Waals surface area contributed by atoms with Crippen LogP contribution in [0, 0.1) is 0 Å². The molecule has 2 aromatic rings. The lowest BCUT2D eigenvalue weighted by Gasteiger charge is -2.34. The summed E-state index contributed by atoms with van der Waals surface area (Å²) >= 11 is 6.15. The normalized spacial score (nSPS) is 17.5. The van der Waals surface area contributed by atoms with Gasteiger partial charge in [-0.3, -0.25) is 4.90 Å². The maximum Gasteiger partial charge on any atom is 0.226 e. The summed E-state index contributed by atoms with van der Waals surface area (Å²) in [5.41, 5.74) is 1.24. The summed E-state index contributed by atoms with van der Waals surface area (Å²) in [5.74, 6) is 3.34. The molecule has 7 nitrogen and oxygen atoms in total. The van der Waals surface area contributed by atoms with Crippen LogP contribution in [0.4, 0.5) is 11.6 Å². The van der Waals surface area contributed by atoms with Crippen molar-refractivity contribution in [1.29, 1.82) is 0 Å². The first-order valence-corrected chi connectivity index (χ1v) is 11.1. The largest absolute Gasteiger partial charge is 0.493 e. The Morgan fingerprint density at radius 3 is 2.57 bits per heavy atom. The Hall–Kier alpha value is -2.25. The molecule has 0 radical (unpaired) electrons. The third-order valence-corrected chi connectivity index (χ3v) is 5.91. The molecule has 0 aliphatic carbocycles. The van der Waals surface area contributed by atoms with Gasteiger partial charge in [0.25, 0.3) is 0 Å². The lowest BCUT2D eigenvalue weighted by atomic mass is 10.0. The molecule has 30 heavy (non-hydrogen) atoms. The fourth-order valence-electron chi connectivity index (χ4n) is 3.98. The first kappa shape index (κ1) is 21.0. The molecule has 2 aliphatic heterocycles. The van der Waals surface area contributed by atoms with Crippen LogP contribution in [0.25, 0.3) is 0 Å². The van der Waals surface area contributed by atoms with Crippen LogP contribution < -0.4 is 19.7 Å². The van der Waals surface area contributed by atoms with Gasteiger partial charge in [0.1, 0.15) is 11.6 Å². The fourth-order valence-corrected chi connectivity index (χ4v) is 4.16.